The van der Waals surface area contributed by atoms with Crippen LogP contribution in [0, 0.1) is 12.7 Å². The molecule has 1 aromatic carbocycles. The van der Waals surface area contributed by atoms with Gasteiger partial charge in [-0.2, -0.15) is 0 Å². The van der Waals surface area contributed by atoms with E-state index in [0.29, 0.717) is 5.39 Å². The van der Waals surface area contributed by atoms with Crippen LogP contribution in [0.25, 0.3) is 22.4 Å². The van der Waals surface area contributed by atoms with Gasteiger partial charge in [0.05, 0.1) is 21.7 Å². The lowest BCUT2D eigenvalue weighted by Gasteiger charge is -2.23. The molecule has 0 bridgehead atoms. The van der Waals surface area contributed by atoms with E-state index in [-0.39, 0.29) is 38.6 Å². The summed E-state index contributed by atoms with van der Waals surface area (Å²) in [6, 6.07) is 7.95. The zero-order valence-electron chi connectivity index (χ0n) is 18.8. The largest absolute Gasteiger partial charge is 0.356 e. The van der Waals surface area contributed by atoms with Gasteiger partial charge in [-0.25, -0.2) is 31.7 Å². The molecule has 176 valence electrons. The van der Waals surface area contributed by atoms with Gasteiger partial charge in [0, 0.05) is 23.3 Å². The summed E-state index contributed by atoms with van der Waals surface area (Å²) in [5.41, 5.74) is 0.228. The van der Waals surface area contributed by atoms with Crippen LogP contribution in [0.3, 0.4) is 0 Å². The number of aryl methyl sites for hydroxylation is 1. The molecule has 0 spiro atoms. The van der Waals surface area contributed by atoms with Gasteiger partial charge >= 0.3 is 0 Å². The number of benzene rings is 1. The van der Waals surface area contributed by atoms with Crippen LogP contribution < -0.4 is 5.32 Å². The molecular formula is C23H21ClFN5O3S. The van der Waals surface area contributed by atoms with E-state index in [9.17, 15) is 17.6 Å². The number of rotatable bonds is 6. The quantitative estimate of drug-likeness (QED) is 0.411. The molecule has 34 heavy (non-hydrogen) atoms. The topological polar surface area (TPSA) is 107 Å². The molecule has 0 aliphatic carbocycles. The molecule has 0 unspecified atom stereocenters. The molecule has 0 radical (unpaired) electrons. The minimum atomic E-state index is -4.02. The standard InChI is InChI=1S/C23H21ClFN5O3S/c1-13-5-7-16(8-6-13)34(32,33)30-12-18(17-9-15(24)10-27-22(17)30)20-26-11-19(25)21(28-20)29-23(3,4)14(2)31/h5-12H,1-4H3,(H,26,28,29). The van der Waals surface area contributed by atoms with E-state index >= 15 is 0 Å². The highest BCUT2D eigenvalue weighted by Gasteiger charge is 2.27. The Hall–Kier alpha value is -3.37. The van der Waals surface area contributed by atoms with Crippen LogP contribution in [0.15, 0.2) is 53.8 Å². The summed E-state index contributed by atoms with van der Waals surface area (Å²) < 4.78 is 42.3. The molecular weight excluding hydrogens is 481 g/mol. The van der Waals surface area contributed by atoms with E-state index in [2.05, 4.69) is 20.3 Å². The Morgan fingerprint density at radius 3 is 2.47 bits per heavy atom. The van der Waals surface area contributed by atoms with E-state index in [0.717, 1.165) is 15.7 Å². The smallest absolute Gasteiger partial charge is 0.269 e. The first-order valence-corrected chi connectivity index (χ1v) is 12.0. The number of fused-ring (bicyclic) bond motifs is 1. The molecule has 3 aromatic heterocycles. The number of aromatic nitrogens is 4. The van der Waals surface area contributed by atoms with Crippen molar-refractivity contribution in [1.82, 2.24) is 18.9 Å². The number of anilines is 1. The van der Waals surface area contributed by atoms with Crippen molar-refractivity contribution in [2.45, 2.75) is 38.1 Å². The zero-order chi connectivity index (χ0) is 24.8. The Kier molecular flexibility index (Phi) is 5.91. The Morgan fingerprint density at radius 2 is 1.82 bits per heavy atom. The van der Waals surface area contributed by atoms with Gasteiger partial charge in [-0.1, -0.05) is 29.3 Å². The molecule has 0 fully saturated rings. The lowest BCUT2D eigenvalue weighted by Crippen LogP contribution is -2.39. The fraction of sp³-hybridized carbons (Fsp3) is 0.217. The van der Waals surface area contributed by atoms with Crippen molar-refractivity contribution >= 4 is 44.3 Å². The summed E-state index contributed by atoms with van der Waals surface area (Å²) in [7, 11) is -4.02. The highest BCUT2D eigenvalue weighted by molar-refractivity contribution is 7.90. The summed E-state index contributed by atoms with van der Waals surface area (Å²) >= 11 is 6.14. The van der Waals surface area contributed by atoms with E-state index in [1.807, 2.05) is 6.92 Å². The summed E-state index contributed by atoms with van der Waals surface area (Å²) in [6.45, 7) is 6.43. The monoisotopic (exact) mass is 501 g/mol. The maximum Gasteiger partial charge on any atom is 0.269 e. The molecule has 0 saturated heterocycles. The van der Waals surface area contributed by atoms with Crippen LogP contribution in [0.5, 0.6) is 0 Å². The van der Waals surface area contributed by atoms with Gasteiger partial charge in [0.1, 0.15) is 0 Å². The van der Waals surface area contributed by atoms with Gasteiger partial charge in [0.15, 0.2) is 28.9 Å². The summed E-state index contributed by atoms with van der Waals surface area (Å²) in [5, 5.41) is 3.42. The molecule has 0 aliphatic heterocycles. The van der Waals surface area contributed by atoms with Crippen LogP contribution >= 0.6 is 11.6 Å². The van der Waals surface area contributed by atoms with Crippen LogP contribution in [0.1, 0.15) is 26.3 Å². The lowest BCUT2D eigenvalue weighted by atomic mass is 10.0. The molecule has 3 heterocycles. The fourth-order valence-corrected chi connectivity index (χ4v) is 4.69. The first kappa shape index (κ1) is 23.8. The minimum absolute atomic E-state index is 0.0372. The van der Waals surface area contributed by atoms with E-state index in [1.54, 1.807) is 32.0 Å². The summed E-state index contributed by atoms with van der Waals surface area (Å²) in [4.78, 5) is 24.5. The Balaban J connectivity index is 1.91. The predicted octanol–water partition coefficient (Wildman–Crippen LogP) is 4.61. The van der Waals surface area contributed by atoms with Crippen molar-refractivity contribution in [2.24, 2.45) is 0 Å². The van der Waals surface area contributed by atoms with Crippen molar-refractivity contribution in [3.8, 4) is 11.4 Å². The second-order valence-corrected chi connectivity index (χ2v) is 10.6. The van der Waals surface area contributed by atoms with Crippen LogP contribution in [0.4, 0.5) is 10.2 Å². The first-order valence-electron chi connectivity index (χ1n) is 10.2. The van der Waals surface area contributed by atoms with E-state index in [1.165, 1.54) is 31.5 Å². The van der Waals surface area contributed by atoms with Crippen LogP contribution in [-0.4, -0.2) is 38.7 Å². The molecule has 0 aliphatic rings. The fourth-order valence-electron chi connectivity index (χ4n) is 3.21. The molecule has 0 saturated carbocycles. The SMILES string of the molecule is CC(=O)C(C)(C)Nc1nc(-c2cn(S(=O)(=O)c3ccc(C)cc3)c3ncc(Cl)cc23)ncc1F. The maximum absolute atomic E-state index is 14.5. The molecule has 4 aromatic rings. The van der Waals surface area contributed by atoms with Crippen molar-refractivity contribution in [3.05, 3.63) is 65.3 Å². The molecule has 8 nitrogen and oxygen atoms in total. The summed E-state index contributed by atoms with van der Waals surface area (Å²) in [5.74, 6) is -1.13. The average molecular weight is 502 g/mol. The Labute approximate surface area is 200 Å². The number of nitrogens with zero attached hydrogens (tertiary/aromatic N) is 4. The molecule has 1 N–H and O–H groups in total. The van der Waals surface area contributed by atoms with Gasteiger partial charge in [0.25, 0.3) is 10.0 Å². The third-order valence-corrected chi connectivity index (χ3v) is 7.32. The van der Waals surface area contributed by atoms with Crippen LogP contribution in [0.2, 0.25) is 5.02 Å². The van der Waals surface area contributed by atoms with Gasteiger partial charge in [-0.15, -0.1) is 0 Å². The maximum atomic E-state index is 14.5. The van der Waals surface area contributed by atoms with Crippen molar-refractivity contribution in [1.29, 1.82) is 0 Å². The number of carbonyl (C=O) groups is 1. The number of ketones is 1. The van der Waals surface area contributed by atoms with Gasteiger partial charge in [0.2, 0.25) is 0 Å². The molecule has 0 amide bonds. The van der Waals surface area contributed by atoms with Crippen molar-refractivity contribution < 1.29 is 17.6 Å². The van der Waals surface area contributed by atoms with E-state index in [4.69, 9.17) is 11.6 Å². The lowest BCUT2D eigenvalue weighted by molar-refractivity contribution is -0.120. The predicted molar refractivity (Wildman–Crippen MR) is 128 cm³/mol. The van der Waals surface area contributed by atoms with Crippen molar-refractivity contribution in [3.63, 3.8) is 0 Å². The third kappa shape index (κ3) is 4.26. The van der Waals surface area contributed by atoms with Crippen molar-refractivity contribution in [2.75, 3.05) is 5.32 Å². The number of carbonyl (C=O) groups excluding carboxylic acids is 1. The third-order valence-electron chi connectivity index (χ3n) is 5.45. The molecule has 0 atom stereocenters. The zero-order valence-corrected chi connectivity index (χ0v) is 20.4. The van der Waals surface area contributed by atoms with Crippen LogP contribution in [-0.2, 0) is 14.8 Å². The van der Waals surface area contributed by atoms with Gasteiger partial charge in [-0.3, -0.25) is 4.79 Å². The molecule has 11 heteroatoms. The highest BCUT2D eigenvalue weighted by atomic mass is 35.5. The second-order valence-electron chi connectivity index (χ2n) is 8.38. The number of halogens is 2. The Bertz CT molecular complexity index is 1530. The number of hydrogen-bond acceptors (Lipinski definition) is 7. The summed E-state index contributed by atoms with van der Waals surface area (Å²) in [6.07, 6.45) is 3.62. The highest BCUT2D eigenvalue weighted by Crippen LogP contribution is 2.33. The van der Waals surface area contributed by atoms with E-state index < -0.39 is 21.4 Å². The minimum Gasteiger partial charge on any atom is -0.356 e. The normalized spacial score (nSPS) is 12.2. The number of hydrogen-bond donors (Lipinski definition) is 1. The first-order chi connectivity index (χ1) is 15.9. The second kappa shape index (κ2) is 8.44. The molecule has 4 rings (SSSR count). The van der Waals surface area contributed by atoms with Gasteiger partial charge in [-0.05, 0) is 45.9 Å². The number of nitrogens with one attached hydrogen (secondary N) is 1. The number of pyridine rings is 1. The Morgan fingerprint density at radius 1 is 1.15 bits per heavy atom. The number of Topliss-reactive ketones (excluding diaryl/α,β-unsaturated/α-hetero) is 1. The average Bonchev–Trinajstić information content (AvgIpc) is 3.15. The van der Waals surface area contributed by atoms with Gasteiger partial charge < -0.3 is 5.32 Å².